The van der Waals surface area contributed by atoms with E-state index in [2.05, 4.69) is 31.9 Å². The minimum absolute atomic E-state index is 0.00285. The highest BCUT2D eigenvalue weighted by atomic mass is 79.9. The van der Waals surface area contributed by atoms with Crippen molar-refractivity contribution in [1.29, 1.82) is 0 Å². The van der Waals surface area contributed by atoms with Crippen LogP contribution in [0, 0.1) is 23.7 Å². The van der Waals surface area contributed by atoms with Crippen molar-refractivity contribution in [3.63, 3.8) is 0 Å². The normalized spacial score (nSPS) is 30.7. The number of carbonyl (C=O) groups is 3. The van der Waals surface area contributed by atoms with Gasteiger partial charge in [0.1, 0.15) is 0 Å². The molecule has 3 fully saturated rings. The highest BCUT2D eigenvalue weighted by Crippen LogP contribution is 2.60. The second-order valence-electron chi connectivity index (χ2n) is 8.45. The molecular weight excluding hydrogens is 583 g/mol. The number of carbonyl (C=O) groups excluding carboxylic acids is 3. The first-order chi connectivity index (χ1) is 15.3. The Morgan fingerprint density at radius 1 is 0.938 bits per heavy atom. The number of fused-ring (bicyclic) bond motifs is 5. The molecule has 32 heavy (non-hydrogen) atoms. The van der Waals surface area contributed by atoms with Gasteiger partial charge in [-0.25, -0.2) is 5.01 Å². The van der Waals surface area contributed by atoms with Gasteiger partial charge >= 0.3 is 0 Å². The molecule has 2 saturated carbocycles. The number of nitrogens with zero attached hydrogens (tertiary/aromatic N) is 2. The molecule has 1 heterocycles. The van der Waals surface area contributed by atoms with Gasteiger partial charge in [-0.2, -0.15) is 5.01 Å². The molecule has 5 nitrogen and oxygen atoms in total. The zero-order chi connectivity index (χ0) is 22.7. The van der Waals surface area contributed by atoms with Crippen LogP contribution >= 0.6 is 55.1 Å². The summed E-state index contributed by atoms with van der Waals surface area (Å²) in [7, 11) is 0. The number of alkyl halides is 2. The Morgan fingerprint density at radius 2 is 1.50 bits per heavy atom. The van der Waals surface area contributed by atoms with E-state index in [0.717, 1.165) is 11.4 Å². The SMILES string of the molecule is O=C(c1ccc(Cl)cc1)N(Cc1ccccc1Cl)N1C(=O)[C@@H]2[C@H]3C[C@@H]([C@@H](Br)[C@H]3Br)[C@H]2C1=O. The zero-order valence-corrected chi connectivity index (χ0v) is 21.3. The summed E-state index contributed by atoms with van der Waals surface area (Å²) >= 11 is 19.7. The van der Waals surface area contributed by atoms with E-state index in [1.54, 1.807) is 48.5 Å². The molecule has 9 heteroatoms. The number of hydrogen-bond acceptors (Lipinski definition) is 3. The average Bonchev–Trinajstić information content (AvgIpc) is 3.39. The lowest BCUT2D eigenvalue weighted by Crippen LogP contribution is -2.50. The highest BCUT2D eigenvalue weighted by Gasteiger charge is 2.67. The minimum atomic E-state index is -0.457. The highest BCUT2D eigenvalue weighted by molar-refractivity contribution is 9.12. The fourth-order valence-electron chi connectivity index (χ4n) is 5.33. The van der Waals surface area contributed by atoms with E-state index in [1.807, 2.05) is 0 Å². The van der Waals surface area contributed by atoms with Crippen LogP contribution in [0.3, 0.4) is 0 Å². The van der Waals surface area contributed by atoms with Gasteiger partial charge in [-0.05, 0) is 54.2 Å². The van der Waals surface area contributed by atoms with Gasteiger partial charge in [0.2, 0.25) is 0 Å². The largest absolute Gasteiger partial charge is 0.273 e. The molecule has 0 spiro atoms. The molecule has 5 rings (SSSR count). The predicted molar refractivity (Wildman–Crippen MR) is 129 cm³/mol. The van der Waals surface area contributed by atoms with Gasteiger partial charge in [-0.15, -0.1) is 0 Å². The van der Waals surface area contributed by atoms with Gasteiger partial charge in [0.25, 0.3) is 17.7 Å². The van der Waals surface area contributed by atoms with Crippen LogP contribution in [0.5, 0.6) is 0 Å². The second-order valence-corrected chi connectivity index (χ2v) is 11.4. The maximum absolute atomic E-state index is 13.6. The molecule has 3 aliphatic rings. The van der Waals surface area contributed by atoms with E-state index < -0.39 is 17.7 Å². The monoisotopic (exact) mass is 598 g/mol. The second kappa shape index (κ2) is 8.42. The fraction of sp³-hybridized carbons (Fsp3) is 0.348. The maximum Gasteiger partial charge on any atom is 0.273 e. The quantitative estimate of drug-likeness (QED) is 0.352. The van der Waals surface area contributed by atoms with E-state index in [-0.39, 0.29) is 39.8 Å². The molecule has 0 aromatic heterocycles. The van der Waals surface area contributed by atoms with Gasteiger partial charge in [0.05, 0.1) is 18.4 Å². The van der Waals surface area contributed by atoms with Crippen LogP contribution in [0.2, 0.25) is 10.0 Å². The summed E-state index contributed by atoms with van der Waals surface area (Å²) in [6.45, 7) is 0.00285. The Kier molecular flexibility index (Phi) is 5.89. The van der Waals surface area contributed by atoms with E-state index >= 15 is 0 Å². The Bertz CT molecular complexity index is 1080. The standard InChI is InChI=1S/C23H18Br2Cl2N2O3/c24-19-14-9-15(20(19)25)18-17(14)22(31)29(23(18)32)28(10-12-3-1-2-4-16(12)27)21(30)11-5-7-13(26)8-6-11/h1-8,14-15,17-20H,9-10H2/t14-,15-,17-,18-,19-,20+/m1/s1. The summed E-state index contributed by atoms with van der Waals surface area (Å²) < 4.78 is 0. The lowest BCUT2D eigenvalue weighted by atomic mass is 9.81. The first-order valence-corrected chi connectivity index (χ1v) is 12.8. The maximum atomic E-state index is 13.6. The van der Waals surface area contributed by atoms with E-state index in [9.17, 15) is 14.4 Å². The molecule has 1 saturated heterocycles. The molecule has 3 amide bonds. The number of halogens is 4. The smallest absolute Gasteiger partial charge is 0.272 e. The van der Waals surface area contributed by atoms with Crippen molar-refractivity contribution in [2.45, 2.75) is 22.6 Å². The first kappa shape index (κ1) is 22.4. The summed E-state index contributed by atoms with van der Waals surface area (Å²) in [5.41, 5.74) is 0.979. The molecule has 1 aliphatic heterocycles. The van der Waals surface area contributed by atoms with Crippen molar-refractivity contribution in [2.24, 2.45) is 23.7 Å². The Labute approximate surface area is 212 Å². The van der Waals surface area contributed by atoms with Crippen molar-refractivity contribution in [3.05, 3.63) is 69.7 Å². The van der Waals surface area contributed by atoms with Crippen LogP contribution in [0.25, 0.3) is 0 Å². The molecule has 0 N–H and O–H groups in total. The lowest BCUT2D eigenvalue weighted by Gasteiger charge is -2.31. The summed E-state index contributed by atoms with van der Waals surface area (Å²) in [5.74, 6) is -1.81. The molecule has 2 bridgehead atoms. The van der Waals surface area contributed by atoms with Gasteiger partial charge < -0.3 is 0 Å². The average molecular weight is 601 g/mol. The van der Waals surface area contributed by atoms with Crippen LogP contribution in [0.4, 0.5) is 0 Å². The topological polar surface area (TPSA) is 57.7 Å². The summed E-state index contributed by atoms with van der Waals surface area (Å²) in [6.07, 6.45) is 0.822. The van der Waals surface area contributed by atoms with Gasteiger partial charge in [-0.3, -0.25) is 14.4 Å². The van der Waals surface area contributed by atoms with Gasteiger partial charge in [0.15, 0.2) is 0 Å². The fourth-order valence-corrected chi connectivity index (χ4v) is 7.53. The van der Waals surface area contributed by atoms with Gasteiger partial charge in [-0.1, -0.05) is 73.3 Å². The molecule has 166 valence electrons. The van der Waals surface area contributed by atoms with E-state index in [1.165, 1.54) is 5.01 Å². The number of rotatable bonds is 4. The number of benzene rings is 2. The zero-order valence-electron chi connectivity index (χ0n) is 16.6. The van der Waals surface area contributed by atoms with Crippen LogP contribution in [-0.2, 0) is 16.1 Å². The van der Waals surface area contributed by atoms with Crippen molar-refractivity contribution < 1.29 is 14.4 Å². The number of hydrazine groups is 1. The molecule has 2 aromatic carbocycles. The molecule has 0 radical (unpaired) electrons. The Morgan fingerprint density at radius 3 is 2.06 bits per heavy atom. The number of imide groups is 1. The lowest BCUT2D eigenvalue weighted by molar-refractivity contribution is -0.156. The number of hydrogen-bond donors (Lipinski definition) is 0. The van der Waals surface area contributed by atoms with E-state index in [4.69, 9.17) is 23.2 Å². The van der Waals surface area contributed by atoms with Crippen LogP contribution < -0.4 is 0 Å². The molecule has 6 atom stereocenters. The third-order valence-electron chi connectivity index (χ3n) is 6.81. The van der Waals surface area contributed by atoms with Crippen molar-refractivity contribution in [1.82, 2.24) is 10.0 Å². The summed E-state index contributed by atoms with van der Waals surface area (Å²) in [6, 6.07) is 13.5. The van der Waals surface area contributed by atoms with Crippen LogP contribution in [-0.4, -0.2) is 37.4 Å². The van der Waals surface area contributed by atoms with E-state index in [0.29, 0.717) is 21.2 Å². The Hall–Kier alpha value is -1.41. The van der Waals surface area contributed by atoms with Crippen molar-refractivity contribution in [3.8, 4) is 0 Å². The third-order valence-corrected chi connectivity index (χ3v) is 10.6. The molecule has 2 aromatic rings. The molecule has 2 aliphatic carbocycles. The van der Waals surface area contributed by atoms with Crippen molar-refractivity contribution in [2.75, 3.05) is 0 Å². The predicted octanol–water partition coefficient (Wildman–Crippen LogP) is 5.33. The third kappa shape index (κ3) is 3.44. The first-order valence-electron chi connectivity index (χ1n) is 10.3. The van der Waals surface area contributed by atoms with Crippen LogP contribution in [0.15, 0.2) is 48.5 Å². The minimum Gasteiger partial charge on any atom is -0.272 e. The molecular formula is C23H18Br2Cl2N2O3. The molecule has 0 unspecified atom stereocenters. The Balaban J connectivity index is 1.54. The summed E-state index contributed by atoms with van der Waals surface area (Å²) in [4.78, 5) is 40.9. The van der Waals surface area contributed by atoms with Gasteiger partial charge in [0, 0.05) is 25.3 Å². The number of amides is 3. The van der Waals surface area contributed by atoms with Crippen molar-refractivity contribution >= 4 is 72.8 Å². The summed E-state index contributed by atoms with van der Waals surface area (Å²) in [5, 5.41) is 3.26. The van der Waals surface area contributed by atoms with Crippen LogP contribution in [0.1, 0.15) is 22.3 Å².